The molecule has 1 aromatic heterocycles. The Morgan fingerprint density at radius 2 is 2.00 bits per heavy atom. The minimum Gasteiger partial charge on any atom is -0.320 e. The molecular weight excluding hydrogens is 170 g/mol. The van der Waals surface area contributed by atoms with Crippen molar-refractivity contribution in [3.63, 3.8) is 0 Å². The van der Waals surface area contributed by atoms with Crippen LogP contribution in [0.25, 0.3) is 0 Å². The zero-order valence-electron chi connectivity index (χ0n) is 7.34. The van der Waals surface area contributed by atoms with Crippen LogP contribution in [0, 0.1) is 6.92 Å². The SMILES string of the molecule is Cc1scc2c1CCCC2.NO. The molecule has 0 saturated carbocycles. The minimum atomic E-state index is 1.33. The molecular formula is C9H15NOS. The van der Waals surface area contributed by atoms with Crippen molar-refractivity contribution in [3.8, 4) is 0 Å². The molecule has 0 spiro atoms. The Bertz CT molecular complexity index is 245. The second-order valence-electron chi connectivity index (χ2n) is 3.00. The fourth-order valence-corrected chi connectivity index (χ4v) is 2.65. The van der Waals surface area contributed by atoms with E-state index >= 15 is 0 Å². The van der Waals surface area contributed by atoms with Crippen molar-refractivity contribution in [2.24, 2.45) is 5.90 Å². The highest BCUT2D eigenvalue weighted by molar-refractivity contribution is 7.10. The van der Waals surface area contributed by atoms with Crippen molar-refractivity contribution in [3.05, 3.63) is 21.4 Å². The third-order valence-corrected chi connectivity index (χ3v) is 3.32. The Labute approximate surface area is 77.0 Å². The molecule has 12 heavy (non-hydrogen) atoms. The second-order valence-corrected chi connectivity index (χ2v) is 4.09. The van der Waals surface area contributed by atoms with Gasteiger partial charge < -0.3 is 5.21 Å². The third kappa shape index (κ3) is 1.86. The molecule has 0 saturated heterocycles. The summed E-state index contributed by atoms with van der Waals surface area (Å²) < 4.78 is 0. The van der Waals surface area contributed by atoms with Gasteiger partial charge in [0.2, 0.25) is 0 Å². The molecule has 2 nitrogen and oxygen atoms in total. The van der Waals surface area contributed by atoms with Gasteiger partial charge in [0.25, 0.3) is 0 Å². The zero-order chi connectivity index (χ0) is 8.97. The van der Waals surface area contributed by atoms with E-state index in [4.69, 9.17) is 5.21 Å². The van der Waals surface area contributed by atoms with E-state index in [0.717, 1.165) is 0 Å². The van der Waals surface area contributed by atoms with Crippen molar-refractivity contribution in [2.75, 3.05) is 0 Å². The molecule has 1 aliphatic rings. The van der Waals surface area contributed by atoms with Crippen LogP contribution in [0.4, 0.5) is 0 Å². The van der Waals surface area contributed by atoms with Crippen LogP contribution in [0.1, 0.15) is 28.8 Å². The van der Waals surface area contributed by atoms with E-state index in [1.54, 1.807) is 16.0 Å². The smallest absolute Gasteiger partial charge is 0.00490 e. The first-order valence-electron chi connectivity index (χ1n) is 4.19. The zero-order valence-corrected chi connectivity index (χ0v) is 8.16. The van der Waals surface area contributed by atoms with Crippen LogP contribution in [0.2, 0.25) is 0 Å². The van der Waals surface area contributed by atoms with Gasteiger partial charge in [-0.1, -0.05) is 0 Å². The normalized spacial score (nSPS) is 14.6. The third-order valence-electron chi connectivity index (χ3n) is 2.31. The lowest BCUT2D eigenvalue weighted by atomic mass is 9.94. The highest BCUT2D eigenvalue weighted by Crippen LogP contribution is 2.28. The van der Waals surface area contributed by atoms with E-state index in [9.17, 15) is 0 Å². The number of aryl methyl sites for hydroxylation is 2. The summed E-state index contributed by atoms with van der Waals surface area (Å²) in [5, 5.41) is 8.84. The Kier molecular flexibility index (Phi) is 3.72. The van der Waals surface area contributed by atoms with Crippen LogP contribution in [-0.4, -0.2) is 5.21 Å². The van der Waals surface area contributed by atoms with Crippen molar-refractivity contribution >= 4 is 11.3 Å². The van der Waals surface area contributed by atoms with Crippen LogP contribution in [0.3, 0.4) is 0 Å². The number of hydrogen-bond acceptors (Lipinski definition) is 3. The average Bonchev–Trinajstić information content (AvgIpc) is 2.53. The van der Waals surface area contributed by atoms with Crippen LogP contribution in [-0.2, 0) is 12.8 Å². The summed E-state index contributed by atoms with van der Waals surface area (Å²) in [6, 6.07) is 0. The number of rotatable bonds is 0. The average molecular weight is 185 g/mol. The van der Waals surface area contributed by atoms with Gasteiger partial charge in [0, 0.05) is 4.88 Å². The summed E-state index contributed by atoms with van der Waals surface area (Å²) in [4.78, 5) is 1.55. The van der Waals surface area contributed by atoms with E-state index < -0.39 is 0 Å². The van der Waals surface area contributed by atoms with Crippen molar-refractivity contribution in [1.82, 2.24) is 0 Å². The molecule has 0 unspecified atom stereocenters. The van der Waals surface area contributed by atoms with E-state index in [1.165, 1.54) is 25.7 Å². The molecule has 0 radical (unpaired) electrons. The maximum Gasteiger partial charge on any atom is 0.00490 e. The lowest BCUT2D eigenvalue weighted by Crippen LogP contribution is -1.99. The standard InChI is InChI=1S/C9H12S.H3NO/c1-7-9-5-3-2-4-8(9)6-10-7;1-2/h6H,2-5H2,1H3;2H,1H2. The summed E-state index contributed by atoms with van der Waals surface area (Å²) in [6.45, 7) is 2.24. The number of fused-ring (bicyclic) bond motifs is 1. The molecule has 1 aliphatic carbocycles. The first-order valence-corrected chi connectivity index (χ1v) is 5.07. The van der Waals surface area contributed by atoms with Gasteiger partial charge in [-0.05, 0) is 49.1 Å². The monoisotopic (exact) mass is 185 g/mol. The topological polar surface area (TPSA) is 46.2 Å². The van der Waals surface area contributed by atoms with Gasteiger partial charge in [-0.2, -0.15) is 0 Å². The fourth-order valence-electron chi connectivity index (χ4n) is 1.69. The van der Waals surface area contributed by atoms with Gasteiger partial charge in [0.05, 0.1) is 0 Å². The van der Waals surface area contributed by atoms with Crippen LogP contribution < -0.4 is 5.90 Å². The van der Waals surface area contributed by atoms with Gasteiger partial charge in [0.15, 0.2) is 0 Å². The highest BCUT2D eigenvalue weighted by atomic mass is 32.1. The maximum absolute atomic E-state index is 6.50. The predicted octanol–water partition coefficient (Wildman–Crippen LogP) is 2.27. The molecule has 1 aromatic rings. The maximum atomic E-state index is 6.50. The van der Waals surface area contributed by atoms with E-state index in [2.05, 4.69) is 18.2 Å². The van der Waals surface area contributed by atoms with Crippen molar-refractivity contribution in [2.45, 2.75) is 32.6 Å². The van der Waals surface area contributed by atoms with E-state index in [0.29, 0.717) is 0 Å². The van der Waals surface area contributed by atoms with Gasteiger partial charge in [0.1, 0.15) is 0 Å². The number of hydrogen-bond donors (Lipinski definition) is 2. The first-order chi connectivity index (χ1) is 5.88. The molecule has 0 bridgehead atoms. The largest absolute Gasteiger partial charge is 0.320 e. The summed E-state index contributed by atoms with van der Waals surface area (Å²) in [6.07, 6.45) is 5.48. The van der Waals surface area contributed by atoms with Crippen molar-refractivity contribution in [1.29, 1.82) is 0 Å². The number of nitrogens with two attached hydrogens (primary N) is 1. The summed E-state index contributed by atoms with van der Waals surface area (Å²) in [5.74, 6) is 3.50. The van der Waals surface area contributed by atoms with Gasteiger partial charge >= 0.3 is 0 Å². The second kappa shape index (κ2) is 4.60. The lowest BCUT2D eigenvalue weighted by Gasteiger charge is -2.10. The molecule has 68 valence electrons. The Morgan fingerprint density at radius 1 is 1.33 bits per heavy atom. The highest BCUT2D eigenvalue weighted by Gasteiger charge is 2.11. The molecule has 3 heteroatoms. The van der Waals surface area contributed by atoms with Gasteiger partial charge in [-0.15, -0.1) is 11.3 Å². The molecule has 0 amide bonds. The molecule has 0 aromatic carbocycles. The Morgan fingerprint density at radius 3 is 2.67 bits per heavy atom. The molecule has 2 rings (SSSR count). The summed E-state index contributed by atoms with van der Waals surface area (Å²) in [7, 11) is 0. The molecule has 0 fully saturated rings. The van der Waals surface area contributed by atoms with Crippen LogP contribution in [0.5, 0.6) is 0 Å². The summed E-state index contributed by atoms with van der Waals surface area (Å²) >= 11 is 1.92. The molecule has 0 aliphatic heterocycles. The quantitative estimate of drug-likeness (QED) is 0.609. The molecule has 3 N–H and O–H groups in total. The fraction of sp³-hybridized carbons (Fsp3) is 0.556. The Hall–Kier alpha value is -0.380. The molecule has 1 heterocycles. The Balaban J connectivity index is 0.000000336. The number of thiophene rings is 1. The first kappa shape index (κ1) is 9.71. The van der Waals surface area contributed by atoms with Gasteiger partial charge in [-0.3, -0.25) is 0 Å². The van der Waals surface area contributed by atoms with Crippen LogP contribution in [0.15, 0.2) is 5.38 Å². The molecule has 0 atom stereocenters. The summed E-state index contributed by atoms with van der Waals surface area (Å²) in [5.41, 5.74) is 3.30. The van der Waals surface area contributed by atoms with Gasteiger partial charge in [-0.25, -0.2) is 5.90 Å². The van der Waals surface area contributed by atoms with Crippen molar-refractivity contribution < 1.29 is 5.21 Å². The van der Waals surface area contributed by atoms with E-state index in [1.807, 2.05) is 11.3 Å². The lowest BCUT2D eigenvalue weighted by molar-refractivity contribution is 0.311. The van der Waals surface area contributed by atoms with E-state index in [-0.39, 0.29) is 0 Å². The van der Waals surface area contributed by atoms with Crippen LogP contribution >= 0.6 is 11.3 Å². The predicted molar refractivity (Wildman–Crippen MR) is 51.7 cm³/mol. The minimum absolute atomic E-state index is 1.33.